The van der Waals surface area contributed by atoms with E-state index in [1.807, 2.05) is 30.3 Å². The maximum atomic E-state index is 16.0. The molecule has 0 aromatic heterocycles. The van der Waals surface area contributed by atoms with Crippen molar-refractivity contribution in [1.29, 1.82) is 0 Å². The van der Waals surface area contributed by atoms with E-state index in [4.69, 9.17) is 28.4 Å². The first-order valence-electron chi connectivity index (χ1n) is 25.2. The monoisotopic (exact) mass is 1430 g/mol. The molecule has 0 fully saturated rings. The zero-order valence-corrected chi connectivity index (χ0v) is 47.4. The van der Waals surface area contributed by atoms with Gasteiger partial charge in [-0.3, -0.25) is 0 Å². The van der Waals surface area contributed by atoms with Crippen LogP contribution in [0.1, 0.15) is 22.3 Å². The normalized spacial score (nSPS) is 12.4. The molecule has 0 spiro atoms. The first-order valence-corrected chi connectivity index (χ1v) is 27.7. The van der Waals surface area contributed by atoms with Gasteiger partial charge in [0.15, 0.2) is 69.8 Å². The number of methoxy groups -OCH3 is 2. The van der Waals surface area contributed by atoms with Gasteiger partial charge in [0.05, 0.1) is 22.3 Å². The largest absolute Gasteiger partial charge is 0.416 e. The van der Waals surface area contributed by atoms with Crippen LogP contribution in [-0.2, 0) is 43.7 Å². The van der Waals surface area contributed by atoms with E-state index in [2.05, 4.69) is 48.5 Å². The Morgan fingerprint density at radius 1 is 0.293 bits per heavy atom. The van der Waals surface area contributed by atoms with Crippen molar-refractivity contribution in [2.45, 2.75) is 24.7 Å². The van der Waals surface area contributed by atoms with Crippen LogP contribution in [-0.4, -0.2) is 87.1 Å². The quantitative estimate of drug-likeness (QED) is 0.0235. The van der Waals surface area contributed by atoms with Gasteiger partial charge >= 0.3 is 238 Å². The van der Waals surface area contributed by atoms with Crippen molar-refractivity contribution in [2.75, 3.05) is 67.1 Å². The van der Waals surface area contributed by atoms with Crippen LogP contribution in [0.15, 0.2) is 78.9 Å². The Labute approximate surface area is 502 Å². The van der Waals surface area contributed by atoms with Gasteiger partial charge < -0.3 is 0 Å². The molecule has 6 nitrogen and oxygen atoms in total. The fourth-order valence-electron chi connectivity index (χ4n) is 9.51. The van der Waals surface area contributed by atoms with Crippen molar-refractivity contribution in [2.24, 2.45) is 0 Å². The third-order valence-electron chi connectivity index (χ3n) is 13.0. The molecule has 7 aromatic carbocycles. The fraction of sp³-hybridized carbons (Fsp3) is 0.250. The predicted octanol–water partition coefficient (Wildman–Crippen LogP) is 11.7. The summed E-state index contributed by atoms with van der Waals surface area (Å²) in [5.41, 5.74) is -38.1. The summed E-state index contributed by atoms with van der Waals surface area (Å²) >= 11 is -1.72. The van der Waals surface area contributed by atoms with Crippen LogP contribution in [0.4, 0.5) is 123 Å². The van der Waals surface area contributed by atoms with Crippen LogP contribution in [0.25, 0.3) is 0 Å². The van der Waals surface area contributed by atoms with Crippen LogP contribution < -0.4 is 44.7 Å². The summed E-state index contributed by atoms with van der Waals surface area (Å²) in [6.45, 7) is 4.24. The average Bonchev–Trinajstić information content (AvgIpc) is 0.669. The molecule has 36 heteroatoms. The first kappa shape index (κ1) is 73.7. The van der Waals surface area contributed by atoms with Gasteiger partial charge in [0, 0.05) is 0 Å². The van der Waals surface area contributed by atoms with Gasteiger partial charge in [0.1, 0.15) is 29.4 Å². The molecule has 0 atom stereocenters. The second-order valence-corrected chi connectivity index (χ2v) is 22.6. The van der Waals surface area contributed by atoms with Gasteiger partial charge in [0.25, 0.3) is 0 Å². The summed E-state index contributed by atoms with van der Waals surface area (Å²) < 4.78 is 455. The number of rotatable bonds is 21. The summed E-state index contributed by atoms with van der Waals surface area (Å²) in [6, 6.07) is 27.2. The predicted molar refractivity (Wildman–Crippen MR) is 270 cm³/mol. The molecule has 0 saturated carbocycles. The summed E-state index contributed by atoms with van der Waals surface area (Å²) in [5.74, 6) is -68.0. The molecule has 7 rings (SSSR count). The van der Waals surface area contributed by atoms with E-state index in [1.165, 1.54) is 13.4 Å². The number of ether oxygens (including phenoxy) is 6. The van der Waals surface area contributed by atoms with Crippen LogP contribution in [0, 0.1) is 93.1 Å². The van der Waals surface area contributed by atoms with E-state index in [1.54, 1.807) is 14.2 Å². The number of para-hydroxylation sites is 2. The number of benzene rings is 7. The molecule has 0 unspecified atom stereocenters. The van der Waals surface area contributed by atoms with Crippen molar-refractivity contribution in [3.8, 4) is 11.5 Å². The van der Waals surface area contributed by atoms with Gasteiger partial charge in [0.2, 0.25) is 0 Å². The van der Waals surface area contributed by atoms with E-state index in [-0.39, 0.29) is 0 Å². The van der Waals surface area contributed by atoms with Crippen molar-refractivity contribution in [3.63, 3.8) is 0 Å². The first-order chi connectivity index (χ1) is 42.9. The van der Waals surface area contributed by atoms with Gasteiger partial charge in [-0.15, -0.1) is 21.9 Å². The molecule has 0 amide bonds. The van der Waals surface area contributed by atoms with Crippen molar-refractivity contribution < 1.29 is 151 Å². The fourth-order valence-corrected chi connectivity index (χ4v) is 14.3. The number of hydrogen-bond donors (Lipinski definition) is 0. The molecule has 92 heavy (non-hydrogen) atoms. The Balaban J connectivity index is 0.000000328. The molecule has 0 bridgehead atoms. The maximum absolute atomic E-state index is 16.0. The van der Waals surface area contributed by atoms with Crippen LogP contribution in [0.3, 0.4) is 0 Å². The van der Waals surface area contributed by atoms with Crippen molar-refractivity contribution in [1.82, 2.24) is 0 Å². The van der Waals surface area contributed by atoms with E-state index < -0.39 is 182 Å². The molecule has 0 radical (unpaired) electrons. The Bertz CT molecular complexity index is 3420. The number of hydrogen-bond acceptors (Lipinski definition) is 6. The topological polar surface area (TPSA) is 55.4 Å². The zero-order chi connectivity index (χ0) is 68.9. The van der Waals surface area contributed by atoms with Gasteiger partial charge in [-0.1, -0.05) is 0 Å². The minimum atomic E-state index is -8.89. The van der Waals surface area contributed by atoms with Crippen LogP contribution in [0.2, 0.25) is 0 Å². The molecule has 500 valence electrons. The maximum Gasteiger partial charge on any atom is 0.416 e. The van der Waals surface area contributed by atoms with E-state index in [0.29, 0.717) is 52.9 Å². The number of halogens is 28. The Morgan fingerprint density at radius 3 is 0.793 bits per heavy atom. The van der Waals surface area contributed by atoms with Crippen LogP contribution in [0.5, 0.6) is 11.5 Å². The second-order valence-electron chi connectivity index (χ2n) is 18.5. The molecule has 0 aliphatic heterocycles. The summed E-state index contributed by atoms with van der Waals surface area (Å²) in [6.07, 6.45) is -39.5. The Hall–Kier alpha value is -7.40. The summed E-state index contributed by atoms with van der Waals surface area (Å²) in [5, 5.41) is 0. The minimum absolute atomic E-state index is 0.478. The number of alkyl halides is 12. The van der Waals surface area contributed by atoms with E-state index in [0.717, 1.165) is 11.5 Å². The van der Waals surface area contributed by atoms with E-state index in [9.17, 15) is 87.8 Å². The Kier molecular flexibility index (Phi) is 23.4. The van der Waals surface area contributed by atoms with Gasteiger partial charge in [-0.2, -0.15) is 52.7 Å². The average molecular weight is 1430 g/mol. The molecule has 0 heterocycles. The van der Waals surface area contributed by atoms with Gasteiger partial charge in [-0.05, 0) is 0 Å². The van der Waals surface area contributed by atoms with Crippen molar-refractivity contribution >= 4 is 55.3 Å². The molecular formula is C56H35BF28O6Se. The van der Waals surface area contributed by atoms with Gasteiger partial charge in [-0.25, -0.2) is 70.2 Å². The van der Waals surface area contributed by atoms with Crippen molar-refractivity contribution in [3.05, 3.63) is 194 Å². The smallest absolute Gasteiger partial charge is 0.207 e. The standard InChI is InChI=1S/C28BF28.C28H35O6Se/c30-9-1(25(46,47)48)5(13(34)21(42)17(9)38)29(6-2(26(49,50)51)10(31)18(39)22(43)14(6)35,7-3(27(52,53)54)11(32)19(40)23(44)15(7)36)8-4(28(55,56)57)12(33)20(41)24(45)16(8)37;1-29-16-18-31-20-22-33-25-12-6-8-14-27(25)35(24-10-4-3-5-11-24)28-15-9-7-13-26(28)34-23-21-32-19-17-30-2/h;3-15H,16-23H2,1-2H3/q-1;+1. The molecule has 0 aliphatic carbocycles. The molecule has 0 saturated heterocycles. The second kappa shape index (κ2) is 29.3. The van der Waals surface area contributed by atoms with Crippen LogP contribution >= 0.6 is 0 Å². The third-order valence-corrected chi connectivity index (χ3v) is 17.9. The summed E-state index contributed by atoms with van der Waals surface area (Å²) in [7, 11) is 3.33. The SMILES string of the molecule is COCCOCCOc1ccccc1[Se+](c1ccccc1)c1ccccc1OCCOCCOC.Fc1c(F)c(F)c(C(F)(F)F)c([B-](c2c(F)c(F)c(F)c(F)c2C(F)(F)F)(c2c(F)c(F)c(F)c(F)c2C(F)(F)F)c2c(F)c(F)c(F)c(F)c2C(F)(F)F)c1F. The molecular weight excluding hydrogens is 1390 g/mol. The van der Waals surface area contributed by atoms with E-state index >= 15 is 35.1 Å². The zero-order valence-electron chi connectivity index (χ0n) is 45.7. The molecule has 0 N–H and O–H groups in total. The molecule has 7 aromatic rings. The minimum Gasteiger partial charge on any atom is -0.207 e. The third kappa shape index (κ3) is 14.5. The summed E-state index contributed by atoms with van der Waals surface area (Å²) in [4.78, 5) is 0. The Morgan fingerprint density at radius 2 is 0.533 bits per heavy atom. The molecule has 0 aliphatic rings.